The Labute approximate surface area is 176 Å². The largest absolute Gasteiger partial charge is 0.399 e. The predicted molar refractivity (Wildman–Crippen MR) is 115 cm³/mol. The molecule has 3 aromatic carbocycles. The van der Waals surface area contributed by atoms with Crippen LogP contribution in [0, 0.1) is 0 Å². The van der Waals surface area contributed by atoms with E-state index in [4.69, 9.17) is 28.9 Å². The van der Waals surface area contributed by atoms with Gasteiger partial charge in [0, 0.05) is 15.7 Å². The van der Waals surface area contributed by atoms with Crippen molar-refractivity contribution in [3.05, 3.63) is 82.3 Å². The lowest BCUT2D eigenvalue weighted by molar-refractivity contribution is 0.601. The minimum Gasteiger partial charge on any atom is -0.399 e. The van der Waals surface area contributed by atoms with E-state index in [9.17, 15) is 12.6 Å². The summed E-state index contributed by atoms with van der Waals surface area (Å²) in [6, 6.07) is 17.3. The number of nitrogens with two attached hydrogens (primary N) is 1. The highest BCUT2D eigenvalue weighted by molar-refractivity contribution is 7.92. The zero-order chi connectivity index (χ0) is 20.3. The molecule has 0 spiro atoms. The molecular weight excluding hydrogens is 439 g/mol. The minimum atomic E-state index is -3.90. The van der Waals surface area contributed by atoms with E-state index >= 15 is 0 Å². The Kier molecular flexibility index (Phi) is 6.30. The topological polar surface area (TPSA) is 89.3 Å². The third-order valence-corrected chi connectivity index (χ3v) is 7.11. The first-order valence-corrected chi connectivity index (χ1v) is 11.6. The molecular formula is C19H16Cl2N2O3S2. The Morgan fingerprint density at radius 1 is 0.929 bits per heavy atom. The van der Waals surface area contributed by atoms with Crippen molar-refractivity contribution in [2.75, 3.05) is 10.5 Å². The van der Waals surface area contributed by atoms with Gasteiger partial charge < -0.3 is 5.73 Å². The summed E-state index contributed by atoms with van der Waals surface area (Å²) in [6.45, 7) is 0. The van der Waals surface area contributed by atoms with E-state index < -0.39 is 20.8 Å². The monoisotopic (exact) mass is 454 g/mol. The molecule has 3 aromatic rings. The standard InChI is InChI=1S/C19H16Cl2N2O3S2/c20-14-4-7-17(8-5-14)28(25,26)23-18-11-15(21)6-9-19(18)27(24)12-13-2-1-3-16(22)10-13/h1-11,23H,12,22H2. The summed E-state index contributed by atoms with van der Waals surface area (Å²) in [5, 5.41) is 0.740. The van der Waals surface area contributed by atoms with Gasteiger partial charge >= 0.3 is 0 Å². The normalized spacial score (nSPS) is 12.5. The smallest absolute Gasteiger partial charge is 0.261 e. The number of rotatable bonds is 6. The number of nitrogen functional groups attached to an aromatic ring is 1. The highest BCUT2D eigenvalue weighted by Crippen LogP contribution is 2.28. The third kappa shape index (κ3) is 5.05. The van der Waals surface area contributed by atoms with Crippen molar-refractivity contribution in [3.63, 3.8) is 0 Å². The summed E-state index contributed by atoms with van der Waals surface area (Å²) in [6.07, 6.45) is 0. The lowest BCUT2D eigenvalue weighted by atomic mass is 10.2. The van der Waals surface area contributed by atoms with Crippen LogP contribution < -0.4 is 10.5 Å². The Morgan fingerprint density at radius 2 is 1.61 bits per heavy atom. The molecule has 5 nitrogen and oxygen atoms in total. The van der Waals surface area contributed by atoms with Crippen LogP contribution in [-0.4, -0.2) is 12.6 Å². The van der Waals surface area contributed by atoms with Gasteiger partial charge in [-0.1, -0.05) is 35.3 Å². The molecule has 0 amide bonds. The molecule has 9 heteroatoms. The Hall–Kier alpha value is -2.06. The van der Waals surface area contributed by atoms with Crippen LogP contribution in [0.5, 0.6) is 0 Å². The van der Waals surface area contributed by atoms with Crippen molar-refractivity contribution in [3.8, 4) is 0 Å². The number of anilines is 2. The van der Waals surface area contributed by atoms with Gasteiger partial charge in [-0.25, -0.2) is 8.42 Å². The molecule has 0 aromatic heterocycles. The van der Waals surface area contributed by atoms with Gasteiger partial charge in [0.1, 0.15) is 0 Å². The molecule has 0 heterocycles. The second-order valence-electron chi connectivity index (χ2n) is 5.93. The number of benzene rings is 3. The summed E-state index contributed by atoms with van der Waals surface area (Å²) in [7, 11) is -5.42. The minimum absolute atomic E-state index is 0.0319. The van der Waals surface area contributed by atoms with Crippen LogP contribution in [0.25, 0.3) is 0 Å². The van der Waals surface area contributed by atoms with E-state index in [0.717, 1.165) is 5.56 Å². The molecule has 0 radical (unpaired) electrons. The molecule has 0 aliphatic carbocycles. The van der Waals surface area contributed by atoms with Crippen LogP contribution in [0.2, 0.25) is 10.0 Å². The second kappa shape index (κ2) is 8.53. The quantitative estimate of drug-likeness (QED) is 0.528. The first-order chi connectivity index (χ1) is 13.2. The molecule has 146 valence electrons. The van der Waals surface area contributed by atoms with Crippen molar-refractivity contribution in [1.82, 2.24) is 0 Å². The first kappa shape index (κ1) is 20.7. The van der Waals surface area contributed by atoms with Crippen LogP contribution in [0.3, 0.4) is 0 Å². The van der Waals surface area contributed by atoms with Crippen LogP contribution >= 0.6 is 23.2 Å². The fourth-order valence-corrected chi connectivity index (χ4v) is 5.16. The number of hydrogen-bond acceptors (Lipinski definition) is 4. The maximum Gasteiger partial charge on any atom is 0.261 e. The van der Waals surface area contributed by atoms with E-state index in [2.05, 4.69) is 4.72 Å². The van der Waals surface area contributed by atoms with Gasteiger partial charge in [-0.2, -0.15) is 0 Å². The van der Waals surface area contributed by atoms with E-state index in [0.29, 0.717) is 20.6 Å². The van der Waals surface area contributed by atoms with Crippen molar-refractivity contribution in [1.29, 1.82) is 0 Å². The van der Waals surface area contributed by atoms with Crippen LogP contribution in [0.15, 0.2) is 76.5 Å². The lowest BCUT2D eigenvalue weighted by Gasteiger charge is -2.13. The van der Waals surface area contributed by atoms with Gasteiger partial charge in [-0.05, 0) is 60.2 Å². The molecule has 0 bridgehead atoms. The molecule has 1 unspecified atom stereocenters. The summed E-state index contributed by atoms with van der Waals surface area (Å²) < 4.78 is 40.7. The molecule has 0 fully saturated rings. The maximum absolute atomic E-state index is 12.9. The van der Waals surface area contributed by atoms with Gasteiger partial charge in [0.25, 0.3) is 10.0 Å². The fraction of sp³-hybridized carbons (Fsp3) is 0.0526. The summed E-state index contributed by atoms with van der Waals surface area (Å²) in [4.78, 5) is 0.355. The van der Waals surface area contributed by atoms with Crippen LogP contribution in [0.4, 0.5) is 11.4 Å². The molecule has 0 aliphatic heterocycles. The van der Waals surface area contributed by atoms with Crippen molar-refractivity contribution < 1.29 is 12.6 Å². The molecule has 28 heavy (non-hydrogen) atoms. The van der Waals surface area contributed by atoms with Gasteiger partial charge in [-0.3, -0.25) is 8.93 Å². The highest BCUT2D eigenvalue weighted by atomic mass is 35.5. The zero-order valence-corrected chi connectivity index (χ0v) is 17.6. The Balaban J connectivity index is 1.92. The maximum atomic E-state index is 12.9. The number of sulfonamides is 1. The van der Waals surface area contributed by atoms with Crippen LogP contribution in [0.1, 0.15) is 5.56 Å². The molecule has 3 N–H and O–H groups in total. The average molecular weight is 455 g/mol. The molecule has 3 rings (SSSR count). The van der Waals surface area contributed by atoms with Gasteiger partial charge in [-0.15, -0.1) is 0 Å². The molecule has 0 saturated heterocycles. The van der Waals surface area contributed by atoms with Gasteiger partial charge in [0.05, 0.1) is 32.0 Å². The first-order valence-electron chi connectivity index (χ1n) is 8.05. The lowest BCUT2D eigenvalue weighted by Crippen LogP contribution is -2.15. The van der Waals surface area contributed by atoms with E-state index in [1.807, 2.05) is 6.07 Å². The number of nitrogens with one attached hydrogen (secondary N) is 1. The number of hydrogen-bond donors (Lipinski definition) is 2. The Bertz CT molecular complexity index is 1130. The molecule has 0 aliphatic rings. The highest BCUT2D eigenvalue weighted by Gasteiger charge is 2.19. The fourth-order valence-electron chi connectivity index (χ4n) is 2.51. The summed E-state index contributed by atoms with van der Waals surface area (Å²) in [5.41, 5.74) is 7.26. The Morgan fingerprint density at radius 3 is 2.29 bits per heavy atom. The van der Waals surface area contributed by atoms with Gasteiger partial charge in [0.15, 0.2) is 0 Å². The SMILES string of the molecule is Nc1cccc(CS(=O)c2ccc(Cl)cc2NS(=O)(=O)c2ccc(Cl)cc2)c1. The summed E-state index contributed by atoms with van der Waals surface area (Å²) >= 11 is 11.8. The molecule has 1 atom stereocenters. The predicted octanol–water partition coefficient (Wildman–Crippen LogP) is 4.68. The van der Waals surface area contributed by atoms with Crippen molar-refractivity contribution >= 4 is 55.4 Å². The average Bonchev–Trinajstić information content (AvgIpc) is 2.61. The van der Waals surface area contributed by atoms with E-state index in [-0.39, 0.29) is 16.3 Å². The van der Waals surface area contributed by atoms with E-state index in [1.54, 1.807) is 30.3 Å². The third-order valence-electron chi connectivity index (χ3n) is 3.80. The van der Waals surface area contributed by atoms with E-state index in [1.165, 1.54) is 30.3 Å². The zero-order valence-electron chi connectivity index (χ0n) is 14.4. The number of halogens is 2. The van der Waals surface area contributed by atoms with Crippen molar-refractivity contribution in [2.24, 2.45) is 0 Å². The molecule has 0 saturated carbocycles. The van der Waals surface area contributed by atoms with Crippen LogP contribution in [-0.2, 0) is 26.6 Å². The summed E-state index contributed by atoms with van der Waals surface area (Å²) in [5.74, 6) is 0.183. The van der Waals surface area contributed by atoms with Gasteiger partial charge in [0.2, 0.25) is 0 Å². The van der Waals surface area contributed by atoms with Crippen molar-refractivity contribution in [2.45, 2.75) is 15.5 Å². The second-order valence-corrected chi connectivity index (χ2v) is 9.91.